The van der Waals surface area contributed by atoms with Crippen LogP contribution < -0.4 is 15.6 Å². The van der Waals surface area contributed by atoms with Gasteiger partial charge in [-0.3, -0.25) is 10.9 Å². The van der Waals surface area contributed by atoms with Crippen molar-refractivity contribution < 1.29 is 4.74 Å². The van der Waals surface area contributed by atoms with Crippen molar-refractivity contribution in [2.24, 2.45) is 4.99 Å². The third-order valence-electron chi connectivity index (χ3n) is 3.41. The number of amidine groups is 1. The van der Waals surface area contributed by atoms with Crippen molar-refractivity contribution in [3.8, 4) is 5.75 Å². The van der Waals surface area contributed by atoms with Gasteiger partial charge in [-0.25, -0.2) is 4.99 Å². The Bertz CT molecular complexity index is 776. The van der Waals surface area contributed by atoms with E-state index in [0.29, 0.717) is 11.6 Å². The van der Waals surface area contributed by atoms with Gasteiger partial charge in [0, 0.05) is 15.5 Å². The molecule has 1 heterocycles. The number of ether oxygens (including phenoxy) is 1. The number of halogens is 2. The van der Waals surface area contributed by atoms with Crippen molar-refractivity contribution in [3.05, 3.63) is 64.0 Å². The molecule has 0 atom stereocenters. The molecule has 4 nitrogen and oxygen atoms in total. The summed E-state index contributed by atoms with van der Waals surface area (Å²) in [5, 5.41) is 1.50. The lowest BCUT2D eigenvalue weighted by atomic mass is 10.1. The minimum atomic E-state index is 0. The minimum absolute atomic E-state index is 0. The molecule has 25 heavy (non-hydrogen) atoms. The molecule has 2 aromatic carbocycles. The van der Waals surface area contributed by atoms with E-state index in [1.165, 1.54) is 0 Å². The standard InChI is InChI=1S/C18H18ClN3OS.BrH/c1-3-23-16-10-4-13(5-11-16)17-12(2)24-18(22-21-17)20-15-8-6-14(19)7-9-15;/h4-11,21H,3H2,1-2H3,(H,20,22);1H. The van der Waals surface area contributed by atoms with Crippen LogP contribution in [-0.2, 0) is 0 Å². The number of hydrazine groups is 1. The number of allylic oxidation sites excluding steroid dienone is 1. The molecule has 132 valence electrons. The van der Waals surface area contributed by atoms with E-state index in [-0.39, 0.29) is 17.0 Å². The Hall–Kier alpha value is -1.63. The van der Waals surface area contributed by atoms with E-state index in [1.807, 2.05) is 55.5 Å². The number of rotatable bonds is 4. The summed E-state index contributed by atoms with van der Waals surface area (Å²) in [5.41, 5.74) is 9.36. The molecule has 1 aliphatic heterocycles. The van der Waals surface area contributed by atoms with Crippen LogP contribution in [0.3, 0.4) is 0 Å². The third-order valence-corrected chi connectivity index (χ3v) is 4.56. The number of benzene rings is 2. The summed E-state index contributed by atoms with van der Waals surface area (Å²) in [6.07, 6.45) is 0. The van der Waals surface area contributed by atoms with Gasteiger partial charge in [-0.15, -0.1) is 17.0 Å². The molecule has 0 saturated carbocycles. The molecule has 0 amide bonds. The van der Waals surface area contributed by atoms with Gasteiger partial charge in [0.05, 0.1) is 18.0 Å². The average molecular weight is 441 g/mol. The number of thioether (sulfide) groups is 1. The smallest absolute Gasteiger partial charge is 0.185 e. The van der Waals surface area contributed by atoms with Crippen LogP contribution in [0, 0.1) is 0 Å². The predicted molar refractivity (Wildman–Crippen MR) is 113 cm³/mol. The summed E-state index contributed by atoms with van der Waals surface area (Å²) in [4.78, 5) is 5.71. The molecule has 3 rings (SSSR count). The monoisotopic (exact) mass is 439 g/mol. The fourth-order valence-electron chi connectivity index (χ4n) is 2.27. The van der Waals surface area contributed by atoms with Crippen molar-refractivity contribution in [1.29, 1.82) is 0 Å². The van der Waals surface area contributed by atoms with Crippen LogP contribution in [0.4, 0.5) is 5.69 Å². The molecule has 0 radical (unpaired) electrons. The molecule has 0 bridgehead atoms. The van der Waals surface area contributed by atoms with E-state index in [9.17, 15) is 0 Å². The Kier molecular flexibility index (Phi) is 7.23. The van der Waals surface area contributed by atoms with Gasteiger partial charge in [-0.05, 0) is 62.4 Å². The molecular weight excluding hydrogens is 422 g/mol. The number of nitrogens with zero attached hydrogens (tertiary/aromatic N) is 1. The second-order valence-corrected chi connectivity index (χ2v) is 6.77. The van der Waals surface area contributed by atoms with Crippen molar-refractivity contribution >= 4 is 56.9 Å². The summed E-state index contributed by atoms with van der Waals surface area (Å²) in [6, 6.07) is 15.5. The Balaban J connectivity index is 0.00000225. The van der Waals surface area contributed by atoms with Gasteiger partial charge in [0.15, 0.2) is 5.17 Å². The van der Waals surface area contributed by atoms with Crippen molar-refractivity contribution in [3.63, 3.8) is 0 Å². The first-order valence-electron chi connectivity index (χ1n) is 7.64. The summed E-state index contributed by atoms with van der Waals surface area (Å²) in [5.74, 6) is 0.876. The van der Waals surface area contributed by atoms with Crippen LogP contribution in [0.25, 0.3) is 5.70 Å². The Morgan fingerprint density at radius 2 is 1.72 bits per heavy atom. The molecule has 1 aliphatic rings. The van der Waals surface area contributed by atoms with Crippen LogP contribution in [0.5, 0.6) is 5.75 Å². The third kappa shape index (κ3) is 5.17. The molecule has 0 saturated heterocycles. The summed E-state index contributed by atoms with van der Waals surface area (Å²) in [6.45, 7) is 4.72. The number of hydrogen-bond acceptors (Lipinski definition) is 4. The first kappa shape index (κ1) is 19.7. The fraction of sp³-hybridized carbons (Fsp3) is 0.167. The van der Waals surface area contributed by atoms with Crippen LogP contribution in [0.15, 0.2) is 58.4 Å². The highest BCUT2D eigenvalue weighted by Gasteiger charge is 2.15. The maximum Gasteiger partial charge on any atom is 0.185 e. The molecule has 0 aromatic heterocycles. The summed E-state index contributed by atoms with van der Waals surface area (Å²) >= 11 is 7.49. The molecule has 2 aromatic rings. The largest absolute Gasteiger partial charge is 0.494 e. The lowest BCUT2D eigenvalue weighted by Crippen LogP contribution is -2.38. The maximum absolute atomic E-state index is 5.90. The second-order valence-electron chi connectivity index (χ2n) is 5.13. The van der Waals surface area contributed by atoms with Crippen LogP contribution >= 0.6 is 40.3 Å². The number of hydrogen-bond donors (Lipinski definition) is 2. The van der Waals surface area contributed by atoms with Crippen molar-refractivity contribution in [2.45, 2.75) is 13.8 Å². The first-order valence-corrected chi connectivity index (χ1v) is 8.83. The molecule has 0 spiro atoms. The van der Waals surface area contributed by atoms with Crippen molar-refractivity contribution in [2.75, 3.05) is 6.61 Å². The highest BCUT2D eigenvalue weighted by Crippen LogP contribution is 2.30. The quantitative estimate of drug-likeness (QED) is 0.656. The van der Waals surface area contributed by atoms with E-state index in [0.717, 1.165) is 32.8 Å². The van der Waals surface area contributed by atoms with Gasteiger partial charge >= 0.3 is 0 Å². The van der Waals surface area contributed by atoms with Gasteiger partial charge in [0.25, 0.3) is 0 Å². The molecule has 7 heteroatoms. The second kappa shape index (κ2) is 9.17. The normalized spacial score (nSPS) is 15.2. The number of aliphatic imine (C=N–C) groups is 1. The molecule has 0 fully saturated rings. The summed E-state index contributed by atoms with van der Waals surface area (Å²) in [7, 11) is 0. The maximum atomic E-state index is 5.90. The van der Waals surface area contributed by atoms with Crippen LogP contribution in [-0.4, -0.2) is 11.8 Å². The Morgan fingerprint density at radius 1 is 1.04 bits per heavy atom. The van der Waals surface area contributed by atoms with Gasteiger partial charge < -0.3 is 4.74 Å². The van der Waals surface area contributed by atoms with E-state index < -0.39 is 0 Å². The number of nitrogens with one attached hydrogen (secondary N) is 2. The Morgan fingerprint density at radius 3 is 2.32 bits per heavy atom. The first-order chi connectivity index (χ1) is 11.7. The topological polar surface area (TPSA) is 45.6 Å². The zero-order chi connectivity index (χ0) is 16.9. The zero-order valence-electron chi connectivity index (χ0n) is 13.9. The van der Waals surface area contributed by atoms with E-state index in [2.05, 4.69) is 22.8 Å². The van der Waals surface area contributed by atoms with Gasteiger partial charge in [0.1, 0.15) is 5.75 Å². The van der Waals surface area contributed by atoms with Crippen molar-refractivity contribution in [1.82, 2.24) is 10.9 Å². The average Bonchev–Trinajstić information content (AvgIpc) is 2.58. The highest BCUT2D eigenvalue weighted by molar-refractivity contribution is 8.93. The Labute approximate surface area is 167 Å². The van der Waals surface area contributed by atoms with E-state index >= 15 is 0 Å². The van der Waals surface area contributed by atoms with E-state index in [1.54, 1.807) is 11.8 Å². The fourth-order valence-corrected chi connectivity index (χ4v) is 3.21. The molecule has 2 N–H and O–H groups in total. The SMILES string of the molecule is Br.CCOc1ccc(C2=C(C)SC(=Nc3ccc(Cl)cc3)NN2)cc1. The molecular formula is C18H19BrClN3OS. The molecule has 0 unspecified atom stereocenters. The van der Waals surface area contributed by atoms with Gasteiger partial charge in [0.2, 0.25) is 0 Å². The van der Waals surface area contributed by atoms with Crippen LogP contribution in [0.2, 0.25) is 5.02 Å². The van der Waals surface area contributed by atoms with Gasteiger partial charge in [-0.1, -0.05) is 23.4 Å². The van der Waals surface area contributed by atoms with E-state index in [4.69, 9.17) is 16.3 Å². The lowest BCUT2D eigenvalue weighted by molar-refractivity contribution is 0.340. The lowest BCUT2D eigenvalue weighted by Gasteiger charge is -2.22. The van der Waals surface area contributed by atoms with Crippen LogP contribution in [0.1, 0.15) is 19.4 Å². The minimum Gasteiger partial charge on any atom is -0.494 e. The predicted octanol–water partition coefficient (Wildman–Crippen LogP) is 5.53. The molecule has 0 aliphatic carbocycles. The van der Waals surface area contributed by atoms with Gasteiger partial charge in [-0.2, -0.15) is 0 Å². The zero-order valence-corrected chi connectivity index (χ0v) is 17.2. The summed E-state index contributed by atoms with van der Waals surface area (Å²) < 4.78 is 5.48. The highest BCUT2D eigenvalue weighted by atomic mass is 79.9.